The summed E-state index contributed by atoms with van der Waals surface area (Å²) in [5.41, 5.74) is 2.74. The van der Waals surface area contributed by atoms with E-state index in [0.717, 1.165) is 49.2 Å². The van der Waals surface area contributed by atoms with Crippen LogP contribution in [0.25, 0.3) is 0 Å². The molecule has 3 atom stereocenters. The first kappa shape index (κ1) is 27.4. The molecule has 41 heavy (non-hydrogen) atoms. The van der Waals surface area contributed by atoms with Crippen LogP contribution in [-0.2, 0) is 11.2 Å². The van der Waals surface area contributed by atoms with E-state index in [2.05, 4.69) is 20.5 Å². The van der Waals surface area contributed by atoms with E-state index < -0.39 is 5.60 Å². The number of ether oxygens (including phenoxy) is 2. The fraction of sp³-hybridized carbons (Fsp3) is 0.548. The van der Waals surface area contributed by atoms with Gasteiger partial charge in [-0.2, -0.15) is 0 Å². The van der Waals surface area contributed by atoms with Crippen LogP contribution in [0.1, 0.15) is 78.3 Å². The molecule has 6 rings (SSSR count). The van der Waals surface area contributed by atoms with Crippen molar-refractivity contribution >= 4 is 23.7 Å². The number of piperidine rings is 1. The van der Waals surface area contributed by atoms with Crippen LogP contribution < -0.4 is 20.3 Å². The summed E-state index contributed by atoms with van der Waals surface area (Å²) in [7, 11) is 0. The lowest BCUT2D eigenvalue weighted by Gasteiger charge is -2.40. The fourth-order valence-electron chi connectivity index (χ4n) is 6.57. The molecule has 1 unspecified atom stereocenters. The maximum Gasteiger partial charge on any atom is 0.410 e. The van der Waals surface area contributed by atoms with Crippen molar-refractivity contribution in [2.75, 3.05) is 24.6 Å². The Morgan fingerprint density at radius 3 is 2.34 bits per heavy atom. The van der Waals surface area contributed by atoms with Gasteiger partial charge in [-0.3, -0.25) is 9.59 Å². The van der Waals surface area contributed by atoms with E-state index in [0.29, 0.717) is 42.9 Å². The lowest BCUT2D eigenvalue weighted by Crippen LogP contribution is -2.61. The molecule has 5 heterocycles. The summed E-state index contributed by atoms with van der Waals surface area (Å²) in [5.74, 6) is 1.50. The molecule has 0 spiro atoms. The average molecular weight is 562 g/mol. The van der Waals surface area contributed by atoms with Gasteiger partial charge in [-0.15, -0.1) is 0 Å². The van der Waals surface area contributed by atoms with Gasteiger partial charge in [-0.1, -0.05) is 6.07 Å². The first-order chi connectivity index (χ1) is 19.6. The number of likely N-dealkylation sites (tertiary alicyclic amines) is 1. The largest absolute Gasteiger partial charge is 0.493 e. The van der Waals surface area contributed by atoms with Crippen molar-refractivity contribution < 1.29 is 23.9 Å². The minimum Gasteiger partial charge on any atom is -0.493 e. The van der Waals surface area contributed by atoms with Gasteiger partial charge in [0.05, 0.1) is 18.2 Å². The summed E-state index contributed by atoms with van der Waals surface area (Å²) in [6.45, 7) is 9.00. The second kappa shape index (κ2) is 10.5. The van der Waals surface area contributed by atoms with E-state index in [9.17, 15) is 14.4 Å². The van der Waals surface area contributed by atoms with Gasteiger partial charge in [-0.25, -0.2) is 9.78 Å². The molecular weight excluding hydrogens is 522 g/mol. The van der Waals surface area contributed by atoms with Crippen molar-refractivity contribution in [2.45, 2.75) is 89.6 Å². The Morgan fingerprint density at radius 1 is 0.976 bits per heavy atom. The first-order valence-electron chi connectivity index (χ1n) is 14.6. The highest BCUT2D eigenvalue weighted by atomic mass is 16.6. The van der Waals surface area contributed by atoms with Crippen molar-refractivity contribution in [3.05, 3.63) is 52.7 Å². The summed E-state index contributed by atoms with van der Waals surface area (Å²) in [6.07, 6.45) is 6.01. The standard InChI is InChI=1S/C31H39N5O5/c1-18-25(9-5-19-11-12-40-27(18)19)29(38)33-21-13-23-7-8-24(14-21)36(23)26-10-6-20(15-32-26)28(37)34-22-16-35(17-22)30(39)41-31(2,3)4/h5-6,9-10,15,21-24H,7-8,11-14,16-17H2,1-4H3,(H,33,38)(H,34,37)/t21?,23-,24+. The predicted molar refractivity (Wildman–Crippen MR) is 153 cm³/mol. The number of aromatic nitrogens is 1. The summed E-state index contributed by atoms with van der Waals surface area (Å²) in [6, 6.07) is 8.26. The van der Waals surface area contributed by atoms with Gasteiger partial charge in [0.15, 0.2) is 0 Å². The number of benzene rings is 1. The number of hydrogen-bond acceptors (Lipinski definition) is 7. The third-order valence-corrected chi connectivity index (χ3v) is 8.56. The third-order valence-electron chi connectivity index (χ3n) is 8.56. The maximum atomic E-state index is 13.2. The molecule has 3 amide bonds. The van der Waals surface area contributed by atoms with Crippen LogP contribution in [0.15, 0.2) is 30.5 Å². The van der Waals surface area contributed by atoms with E-state index in [1.165, 1.54) is 5.56 Å². The molecule has 0 saturated carbocycles. The summed E-state index contributed by atoms with van der Waals surface area (Å²) in [5, 5.41) is 6.26. The van der Waals surface area contributed by atoms with Crippen molar-refractivity contribution in [3.63, 3.8) is 0 Å². The highest BCUT2D eigenvalue weighted by molar-refractivity contribution is 5.97. The molecular formula is C31H39N5O5. The van der Waals surface area contributed by atoms with E-state index in [4.69, 9.17) is 9.47 Å². The van der Waals surface area contributed by atoms with E-state index in [1.54, 1.807) is 11.1 Å². The van der Waals surface area contributed by atoms with Gasteiger partial charge in [0.2, 0.25) is 0 Å². The number of anilines is 1. The van der Waals surface area contributed by atoms with Crippen LogP contribution >= 0.6 is 0 Å². The Balaban J connectivity index is 1.02. The predicted octanol–water partition coefficient (Wildman–Crippen LogP) is 3.60. The second-order valence-corrected chi connectivity index (χ2v) is 12.7. The number of amides is 3. The summed E-state index contributed by atoms with van der Waals surface area (Å²) < 4.78 is 11.1. The van der Waals surface area contributed by atoms with Gasteiger partial charge in [0.1, 0.15) is 17.2 Å². The van der Waals surface area contributed by atoms with E-state index in [1.807, 2.05) is 52.0 Å². The van der Waals surface area contributed by atoms with Gasteiger partial charge in [-0.05, 0) is 77.1 Å². The Bertz CT molecular complexity index is 1330. The van der Waals surface area contributed by atoms with Gasteiger partial charge < -0.3 is 29.9 Å². The lowest BCUT2D eigenvalue weighted by molar-refractivity contribution is 0.00532. The number of carbonyl (C=O) groups excluding carboxylic acids is 3. The highest BCUT2D eigenvalue weighted by Gasteiger charge is 2.42. The normalized spacial score (nSPS) is 23.4. The molecule has 0 aliphatic carbocycles. The van der Waals surface area contributed by atoms with E-state index >= 15 is 0 Å². The summed E-state index contributed by atoms with van der Waals surface area (Å²) in [4.78, 5) is 46.7. The average Bonchev–Trinajstić information content (AvgIpc) is 3.48. The SMILES string of the molecule is Cc1c(C(=O)NC2C[C@H]3CC[C@@H](C2)N3c2ccc(C(=O)NC3CN(C(=O)OC(C)(C)C)C3)cn2)ccc2c1OCC2. The molecule has 2 aromatic rings. The third kappa shape index (κ3) is 5.56. The zero-order valence-electron chi connectivity index (χ0n) is 24.2. The Morgan fingerprint density at radius 2 is 1.68 bits per heavy atom. The summed E-state index contributed by atoms with van der Waals surface area (Å²) >= 11 is 0. The number of fused-ring (bicyclic) bond motifs is 3. The topological polar surface area (TPSA) is 113 Å². The molecule has 3 saturated heterocycles. The number of nitrogens with one attached hydrogen (secondary N) is 2. The number of pyridine rings is 1. The zero-order valence-corrected chi connectivity index (χ0v) is 24.2. The van der Waals surface area contributed by atoms with Crippen LogP contribution in [0.3, 0.4) is 0 Å². The number of nitrogens with zero attached hydrogens (tertiary/aromatic N) is 3. The zero-order chi connectivity index (χ0) is 28.9. The minimum atomic E-state index is -0.543. The highest BCUT2D eigenvalue weighted by Crippen LogP contribution is 2.39. The Labute approximate surface area is 240 Å². The molecule has 2 bridgehead atoms. The van der Waals surface area contributed by atoms with Crippen molar-refractivity contribution in [3.8, 4) is 5.75 Å². The molecule has 4 aliphatic rings. The number of hydrogen-bond donors (Lipinski definition) is 2. The quantitative estimate of drug-likeness (QED) is 0.574. The molecule has 10 nitrogen and oxygen atoms in total. The molecule has 218 valence electrons. The lowest BCUT2D eigenvalue weighted by atomic mass is 9.96. The minimum absolute atomic E-state index is 0.0344. The van der Waals surface area contributed by atoms with Crippen LogP contribution in [0, 0.1) is 6.92 Å². The van der Waals surface area contributed by atoms with Crippen molar-refractivity contribution in [1.29, 1.82) is 0 Å². The first-order valence-corrected chi connectivity index (χ1v) is 14.6. The molecule has 1 aromatic carbocycles. The van der Waals surface area contributed by atoms with Crippen LogP contribution in [0.2, 0.25) is 0 Å². The number of carbonyl (C=O) groups is 3. The van der Waals surface area contributed by atoms with Gasteiger partial charge in [0, 0.05) is 55.0 Å². The van der Waals surface area contributed by atoms with Crippen LogP contribution in [0.5, 0.6) is 5.75 Å². The molecule has 3 fully saturated rings. The second-order valence-electron chi connectivity index (χ2n) is 12.7. The Kier molecular flexibility index (Phi) is 7.03. The molecule has 1 aromatic heterocycles. The maximum absolute atomic E-state index is 13.2. The Hall–Kier alpha value is -3.82. The molecule has 2 N–H and O–H groups in total. The van der Waals surface area contributed by atoms with Crippen molar-refractivity contribution in [2.24, 2.45) is 0 Å². The smallest absolute Gasteiger partial charge is 0.410 e. The van der Waals surface area contributed by atoms with E-state index in [-0.39, 0.29) is 30.0 Å². The number of rotatable bonds is 5. The van der Waals surface area contributed by atoms with Gasteiger partial charge in [0.25, 0.3) is 11.8 Å². The fourth-order valence-corrected chi connectivity index (χ4v) is 6.57. The molecule has 0 radical (unpaired) electrons. The van der Waals surface area contributed by atoms with Crippen LogP contribution in [-0.4, -0.2) is 77.3 Å². The monoisotopic (exact) mass is 561 g/mol. The molecule has 4 aliphatic heterocycles. The van der Waals surface area contributed by atoms with Gasteiger partial charge >= 0.3 is 6.09 Å². The van der Waals surface area contributed by atoms with Crippen molar-refractivity contribution in [1.82, 2.24) is 20.5 Å². The van der Waals surface area contributed by atoms with Crippen LogP contribution in [0.4, 0.5) is 10.6 Å². The molecule has 10 heteroatoms.